The van der Waals surface area contributed by atoms with Gasteiger partial charge in [-0.3, -0.25) is 0 Å². The van der Waals surface area contributed by atoms with Gasteiger partial charge in [-0.05, 0) is 49.3 Å². The summed E-state index contributed by atoms with van der Waals surface area (Å²) in [7, 11) is 0. The molecule has 2 rings (SSSR count). The number of rotatable bonds is 2. The molecule has 0 heteroatoms. The minimum absolute atomic E-state index is 0.827. The van der Waals surface area contributed by atoms with E-state index in [2.05, 4.69) is 32.6 Å². The Kier molecular flexibility index (Phi) is 7.61. The van der Waals surface area contributed by atoms with Gasteiger partial charge in [0, 0.05) is 0 Å². The Bertz CT molecular complexity index is 343. The lowest BCUT2D eigenvalue weighted by Gasteiger charge is -2.10. The number of hydrogen-bond donors (Lipinski definition) is 0. The van der Waals surface area contributed by atoms with Crippen LogP contribution in [0.3, 0.4) is 0 Å². The average molecular weight is 232 g/mol. The van der Waals surface area contributed by atoms with E-state index >= 15 is 0 Å². The SMILES string of the molecule is C=Cc1cc(C)cc(C)c1C1CC1.CC.CC. The number of benzene rings is 1. The Morgan fingerprint density at radius 1 is 1.06 bits per heavy atom. The van der Waals surface area contributed by atoms with Gasteiger partial charge in [-0.15, -0.1) is 0 Å². The van der Waals surface area contributed by atoms with E-state index in [9.17, 15) is 0 Å². The van der Waals surface area contributed by atoms with Gasteiger partial charge in [-0.1, -0.05) is 58.0 Å². The van der Waals surface area contributed by atoms with Gasteiger partial charge in [0.05, 0.1) is 0 Å². The summed E-state index contributed by atoms with van der Waals surface area (Å²) < 4.78 is 0. The lowest BCUT2D eigenvalue weighted by molar-refractivity contribution is 1.08. The Labute approximate surface area is 108 Å². The van der Waals surface area contributed by atoms with Gasteiger partial charge < -0.3 is 0 Å². The summed E-state index contributed by atoms with van der Waals surface area (Å²) in [5, 5.41) is 0. The Hall–Kier alpha value is -1.04. The third-order valence-corrected chi connectivity index (χ3v) is 2.77. The molecule has 0 amide bonds. The largest absolute Gasteiger partial charge is 0.0985 e. The fraction of sp³-hybridized carbons (Fsp3) is 0.529. The van der Waals surface area contributed by atoms with E-state index in [1.165, 1.54) is 29.5 Å². The molecule has 0 atom stereocenters. The average Bonchev–Trinajstić information content (AvgIpc) is 3.17. The number of aryl methyl sites for hydroxylation is 2. The highest BCUT2D eigenvalue weighted by Gasteiger charge is 2.26. The first-order valence-corrected chi connectivity index (χ1v) is 6.96. The maximum absolute atomic E-state index is 3.88. The predicted octanol–water partition coefficient (Wildman–Crippen LogP) is 5.88. The van der Waals surface area contributed by atoms with Crippen molar-refractivity contribution >= 4 is 6.08 Å². The van der Waals surface area contributed by atoms with Crippen LogP contribution in [0, 0.1) is 13.8 Å². The highest BCUT2D eigenvalue weighted by atomic mass is 14.3. The summed E-state index contributed by atoms with van der Waals surface area (Å²) in [6.07, 6.45) is 4.73. The lowest BCUT2D eigenvalue weighted by Crippen LogP contribution is -1.92. The van der Waals surface area contributed by atoms with E-state index in [4.69, 9.17) is 0 Å². The molecule has 0 unspecified atom stereocenters. The molecular formula is C17H28. The normalized spacial score (nSPS) is 12.8. The molecule has 0 nitrogen and oxygen atoms in total. The van der Waals surface area contributed by atoms with Crippen LogP contribution in [0.4, 0.5) is 0 Å². The number of hydrogen-bond acceptors (Lipinski definition) is 0. The Balaban J connectivity index is 0.000000581. The Morgan fingerprint density at radius 2 is 1.59 bits per heavy atom. The zero-order chi connectivity index (χ0) is 13.4. The summed E-state index contributed by atoms with van der Waals surface area (Å²) in [6.45, 7) is 16.2. The molecule has 1 fully saturated rings. The second kappa shape index (κ2) is 8.11. The van der Waals surface area contributed by atoms with E-state index in [1.54, 1.807) is 5.56 Å². The second-order valence-corrected chi connectivity index (χ2v) is 4.06. The summed E-state index contributed by atoms with van der Waals surface area (Å²) >= 11 is 0. The van der Waals surface area contributed by atoms with Crippen LogP contribution in [0.5, 0.6) is 0 Å². The first-order valence-electron chi connectivity index (χ1n) is 6.96. The molecule has 0 heterocycles. The lowest BCUT2D eigenvalue weighted by atomic mass is 9.95. The molecule has 0 N–H and O–H groups in total. The van der Waals surface area contributed by atoms with Crippen molar-refractivity contribution in [1.82, 2.24) is 0 Å². The van der Waals surface area contributed by atoms with Crippen molar-refractivity contribution in [2.24, 2.45) is 0 Å². The topological polar surface area (TPSA) is 0 Å². The highest BCUT2D eigenvalue weighted by Crippen LogP contribution is 2.43. The zero-order valence-electron chi connectivity index (χ0n) is 12.4. The standard InChI is InChI=1S/C13H16.2C2H6/c1-4-11-8-9(2)7-10(3)13(11)12-5-6-12;2*1-2/h4,7-8,12H,1,5-6H2,2-3H3;2*1-2H3. The molecule has 0 saturated heterocycles. The molecule has 1 aromatic carbocycles. The van der Waals surface area contributed by atoms with Crippen molar-refractivity contribution in [1.29, 1.82) is 0 Å². The molecule has 17 heavy (non-hydrogen) atoms. The fourth-order valence-electron chi connectivity index (χ4n) is 2.11. The molecule has 0 radical (unpaired) electrons. The van der Waals surface area contributed by atoms with Gasteiger partial charge in [-0.2, -0.15) is 0 Å². The van der Waals surface area contributed by atoms with Crippen LogP contribution in [0.25, 0.3) is 6.08 Å². The van der Waals surface area contributed by atoms with Crippen molar-refractivity contribution in [3.05, 3.63) is 41.0 Å². The van der Waals surface area contributed by atoms with E-state index in [-0.39, 0.29) is 0 Å². The second-order valence-electron chi connectivity index (χ2n) is 4.06. The van der Waals surface area contributed by atoms with E-state index < -0.39 is 0 Å². The molecule has 0 bridgehead atoms. The molecule has 0 spiro atoms. The van der Waals surface area contributed by atoms with Crippen molar-refractivity contribution < 1.29 is 0 Å². The minimum Gasteiger partial charge on any atom is -0.0985 e. The van der Waals surface area contributed by atoms with Gasteiger partial charge in [0.1, 0.15) is 0 Å². The van der Waals surface area contributed by atoms with Crippen LogP contribution >= 0.6 is 0 Å². The summed E-state index contributed by atoms with van der Waals surface area (Å²) in [5.41, 5.74) is 5.68. The van der Waals surface area contributed by atoms with Crippen LogP contribution in [-0.2, 0) is 0 Å². The third-order valence-electron chi connectivity index (χ3n) is 2.77. The molecule has 0 aliphatic heterocycles. The highest BCUT2D eigenvalue weighted by molar-refractivity contribution is 5.58. The first kappa shape index (κ1) is 16.0. The first-order chi connectivity index (χ1) is 8.22. The molecule has 1 saturated carbocycles. The Morgan fingerprint density at radius 3 is 2.00 bits per heavy atom. The summed E-state index contributed by atoms with van der Waals surface area (Å²) in [6, 6.07) is 4.52. The molecule has 1 aromatic rings. The minimum atomic E-state index is 0.827. The summed E-state index contributed by atoms with van der Waals surface area (Å²) in [5.74, 6) is 0.827. The van der Waals surface area contributed by atoms with Gasteiger partial charge in [0.2, 0.25) is 0 Å². The van der Waals surface area contributed by atoms with Crippen molar-refractivity contribution in [3.63, 3.8) is 0 Å². The fourth-order valence-corrected chi connectivity index (χ4v) is 2.11. The van der Waals surface area contributed by atoms with Gasteiger partial charge in [-0.25, -0.2) is 0 Å². The maximum atomic E-state index is 3.88. The molecule has 96 valence electrons. The van der Waals surface area contributed by atoms with Gasteiger partial charge >= 0.3 is 0 Å². The van der Waals surface area contributed by atoms with Crippen molar-refractivity contribution in [2.45, 2.75) is 60.3 Å². The van der Waals surface area contributed by atoms with Crippen LogP contribution in [0.2, 0.25) is 0 Å². The molecular weight excluding hydrogens is 204 g/mol. The molecule has 1 aliphatic carbocycles. The van der Waals surface area contributed by atoms with Crippen LogP contribution in [-0.4, -0.2) is 0 Å². The molecule has 0 aromatic heterocycles. The van der Waals surface area contributed by atoms with Gasteiger partial charge in [0.25, 0.3) is 0 Å². The quantitative estimate of drug-likeness (QED) is 0.597. The smallest absolute Gasteiger partial charge is 0.0153 e. The van der Waals surface area contributed by atoms with E-state index in [0.717, 1.165) is 5.92 Å². The maximum Gasteiger partial charge on any atom is -0.0153 e. The van der Waals surface area contributed by atoms with Crippen molar-refractivity contribution in [2.75, 3.05) is 0 Å². The van der Waals surface area contributed by atoms with E-state index in [0.29, 0.717) is 0 Å². The summed E-state index contributed by atoms with van der Waals surface area (Å²) in [4.78, 5) is 0. The molecule has 1 aliphatic rings. The predicted molar refractivity (Wildman–Crippen MR) is 80.7 cm³/mol. The third kappa shape index (κ3) is 4.38. The van der Waals surface area contributed by atoms with Crippen LogP contribution in [0.1, 0.15) is 68.7 Å². The van der Waals surface area contributed by atoms with E-state index in [1.807, 2.05) is 33.8 Å². The zero-order valence-corrected chi connectivity index (χ0v) is 12.4. The van der Waals surface area contributed by atoms with Crippen LogP contribution in [0.15, 0.2) is 18.7 Å². The van der Waals surface area contributed by atoms with Gasteiger partial charge in [0.15, 0.2) is 0 Å². The monoisotopic (exact) mass is 232 g/mol. The van der Waals surface area contributed by atoms with Crippen molar-refractivity contribution in [3.8, 4) is 0 Å². The van der Waals surface area contributed by atoms with Crippen LogP contribution < -0.4 is 0 Å².